The molecular weight excluding hydrogens is 499 g/mol. The Balaban J connectivity index is 5.15. The second-order valence-corrected chi connectivity index (χ2v) is 8.18. The van der Waals surface area contributed by atoms with Gasteiger partial charge in [-0.15, -0.1) is 11.6 Å². The van der Waals surface area contributed by atoms with Gasteiger partial charge in [-0.2, -0.15) is 57.1 Å². The SMILES string of the molecule is CCCCCCCCCCC(Cl)CC(F)(F)C(F)(F)C(F)(F)C(F)(F)C(F)(F)C(F)(F)F. The summed E-state index contributed by atoms with van der Waals surface area (Å²) in [5.74, 6) is -36.7. The van der Waals surface area contributed by atoms with E-state index < -0.39 is 54.0 Å². The molecule has 1 atom stereocenters. The average molecular weight is 523 g/mol. The van der Waals surface area contributed by atoms with Gasteiger partial charge in [0.05, 0.1) is 0 Å². The highest BCUT2D eigenvalue weighted by molar-refractivity contribution is 6.20. The molecule has 0 aromatic rings. The second-order valence-electron chi connectivity index (χ2n) is 7.56. The molecule has 14 heteroatoms. The highest BCUT2D eigenvalue weighted by Crippen LogP contribution is 2.60. The Bertz CT molecular complexity index is 558. The average Bonchev–Trinajstić information content (AvgIpc) is 2.61. The number of hydrogen-bond donors (Lipinski definition) is 0. The van der Waals surface area contributed by atoms with Crippen molar-refractivity contribution in [3.63, 3.8) is 0 Å². The standard InChI is InChI=1S/C18H24ClF13/c1-2-3-4-5-6-7-8-9-10-12(19)11-13(20,21)14(22,23)15(24,25)16(26,27)17(28,29)18(30,31)32/h12H,2-11H2,1H3. The van der Waals surface area contributed by atoms with Crippen molar-refractivity contribution in [3.05, 3.63) is 0 Å². The molecule has 0 saturated heterocycles. The lowest BCUT2D eigenvalue weighted by Gasteiger charge is -2.40. The van der Waals surface area contributed by atoms with Crippen LogP contribution in [-0.4, -0.2) is 41.2 Å². The maximum Gasteiger partial charge on any atom is 0.460 e. The van der Waals surface area contributed by atoms with Crippen LogP contribution in [0, 0.1) is 0 Å². The van der Waals surface area contributed by atoms with E-state index >= 15 is 0 Å². The zero-order chi connectivity index (χ0) is 25.6. The minimum Gasteiger partial charge on any atom is -0.200 e. The second kappa shape index (κ2) is 11.2. The Morgan fingerprint density at radius 1 is 0.531 bits per heavy atom. The van der Waals surface area contributed by atoms with E-state index in [0.717, 1.165) is 32.1 Å². The van der Waals surface area contributed by atoms with Crippen LogP contribution in [0.2, 0.25) is 0 Å². The van der Waals surface area contributed by atoms with Crippen LogP contribution < -0.4 is 0 Å². The fourth-order valence-corrected chi connectivity index (χ4v) is 3.16. The number of unbranched alkanes of at least 4 members (excludes halogenated alkanes) is 7. The molecule has 0 aliphatic heterocycles. The number of halogens is 14. The summed E-state index contributed by atoms with van der Waals surface area (Å²) in [5, 5.41) is -1.94. The molecule has 0 aromatic heterocycles. The van der Waals surface area contributed by atoms with Crippen LogP contribution in [0.5, 0.6) is 0 Å². The van der Waals surface area contributed by atoms with E-state index in [-0.39, 0.29) is 6.42 Å². The molecule has 32 heavy (non-hydrogen) atoms. The van der Waals surface area contributed by atoms with Crippen molar-refractivity contribution >= 4 is 11.6 Å². The van der Waals surface area contributed by atoms with Gasteiger partial charge in [0.25, 0.3) is 0 Å². The minimum absolute atomic E-state index is 0.0995. The van der Waals surface area contributed by atoms with Gasteiger partial charge in [0.15, 0.2) is 0 Å². The van der Waals surface area contributed by atoms with Crippen LogP contribution in [0.1, 0.15) is 71.1 Å². The smallest absolute Gasteiger partial charge is 0.200 e. The molecule has 0 aliphatic carbocycles. The van der Waals surface area contributed by atoms with Crippen LogP contribution in [0.15, 0.2) is 0 Å². The van der Waals surface area contributed by atoms with E-state index in [1.54, 1.807) is 0 Å². The van der Waals surface area contributed by atoms with E-state index in [2.05, 4.69) is 0 Å². The summed E-state index contributed by atoms with van der Waals surface area (Å²) in [6, 6.07) is 0. The Hall–Kier alpha value is -0.620. The number of alkyl halides is 14. The molecule has 0 bridgehead atoms. The minimum atomic E-state index is -7.87. The lowest BCUT2D eigenvalue weighted by molar-refractivity contribution is -0.440. The molecule has 0 rings (SSSR count). The van der Waals surface area contributed by atoms with E-state index in [0.29, 0.717) is 12.8 Å². The molecule has 1 unspecified atom stereocenters. The summed E-state index contributed by atoms with van der Waals surface area (Å²) in [7, 11) is 0. The van der Waals surface area contributed by atoms with Gasteiger partial charge in [-0.3, -0.25) is 0 Å². The van der Waals surface area contributed by atoms with Gasteiger partial charge in [0.2, 0.25) is 0 Å². The molecule has 0 amide bonds. The molecule has 0 fully saturated rings. The zero-order valence-electron chi connectivity index (χ0n) is 16.9. The van der Waals surface area contributed by atoms with Gasteiger partial charge in [-0.25, -0.2) is 0 Å². The number of hydrogen-bond acceptors (Lipinski definition) is 0. The Labute approximate surface area is 181 Å². The van der Waals surface area contributed by atoms with Crippen LogP contribution in [0.3, 0.4) is 0 Å². The predicted molar refractivity (Wildman–Crippen MR) is 92.3 cm³/mol. The molecule has 0 aromatic carbocycles. The first-order chi connectivity index (χ1) is 14.2. The van der Waals surface area contributed by atoms with Crippen molar-refractivity contribution in [2.45, 2.75) is 112 Å². The van der Waals surface area contributed by atoms with Gasteiger partial charge < -0.3 is 0 Å². The molecule has 0 aliphatic rings. The van der Waals surface area contributed by atoms with Gasteiger partial charge >= 0.3 is 35.8 Å². The summed E-state index contributed by atoms with van der Waals surface area (Å²) in [4.78, 5) is 0. The number of rotatable bonds is 15. The molecule has 0 spiro atoms. The highest BCUT2D eigenvalue weighted by atomic mass is 35.5. The van der Waals surface area contributed by atoms with E-state index in [1.165, 1.54) is 0 Å². The summed E-state index contributed by atoms with van der Waals surface area (Å²) in [5.41, 5.74) is 0. The summed E-state index contributed by atoms with van der Waals surface area (Å²) < 4.78 is 169. The van der Waals surface area contributed by atoms with Crippen molar-refractivity contribution in [2.75, 3.05) is 0 Å². The van der Waals surface area contributed by atoms with Crippen molar-refractivity contribution in [2.24, 2.45) is 0 Å². The van der Waals surface area contributed by atoms with Gasteiger partial charge in [-0.1, -0.05) is 58.3 Å². The molecule has 0 radical (unpaired) electrons. The van der Waals surface area contributed by atoms with Crippen molar-refractivity contribution in [1.29, 1.82) is 0 Å². The van der Waals surface area contributed by atoms with Gasteiger partial charge in [-0.05, 0) is 6.42 Å². The van der Waals surface area contributed by atoms with Crippen molar-refractivity contribution in [3.8, 4) is 0 Å². The third-order valence-corrected chi connectivity index (χ3v) is 5.22. The molecule has 0 nitrogen and oxygen atoms in total. The first-order valence-electron chi connectivity index (χ1n) is 9.80. The fourth-order valence-electron chi connectivity index (χ4n) is 2.81. The summed E-state index contributed by atoms with van der Waals surface area (Å²) in [6.07, 6.45) is -4.31. The summed E-state index contributed by atoms with van der Waals surface area (Å²) >= 11 is 5.41. The maximum atomic E-state index is 13.7. The molecule has 194 valence electrons. The Kier molecular flexibility index (Phi) is 11.0. The Morgan fingerprint density at radius 3 is 1.31 bits per heavy atom. The van der Waals surface area contributed by atoms with Gasteiger partial charge in [0, 0.05) is 11.8 Å². The quantitative estimate of drug-likeness (QED) is 0.114. The van der Waals surface area contributed by atoms with Crippen LogP contribution in [0.4, 0.5) is 57.1 Å². The third-order valence-electron chi connectivity index (χ3n) is 4.85. The molecule has 0 N–H and O–H groups in total. The third kappa shape index (κ3) is 6.71. The zero-order valence-corrected chi connectivity index (χ0v) is 17.7. The predicted octanol–water partition coefficient (Wildman–Crippen LogP) is 9.25. The highest BCUT2D eigenvalue weighted by Gasteiger charge is 2.90. The first kappa shape index (κ1) is 31.4. The fraction of sp³-hybridized carbons (Fsp3) is 1.00. The van der Waals surface area contributed by atoms with Crippen LogP contribution in [-0.2, 0) is 0 Å². The van der Waals surface area contributed by atoms with Crippen LogP contribution >= 0.6 is 11.6 Å². The Morgan fingerprint density at radius 2 is 0.906 bits per heavy atom. The maximum absolute atomic E-state index is 13.7. The summed E-state index contributed by atoms with van der Waals surface area (Å²) in [6.45, 7) is 2.00. The molecule has 0 saturated carbocycles. The largest absolute Gasteiger partial charge is 0.460 e. The normalized spacial score (nSPS) is 15.8. The van der Waals surface area contributed by atoms with E-state index in [4.69, 9.17) is 11.6 Å². The first-order valence-corrected chi connectivity index (χ1v) is 10.2. The lowest BCUT2D eigenvalue weighted by Crippen LogP contribution is -2.70. The monoisotopic (exact) mass is 522 g/mol. The van der Waals surface area contributed by atoms with E-state index in [1.807, 2.05) is 6.92 Å². The van der Waals surface area contributed by atoms with Gasteiger partial charge in [0.1, 0.15) is 0 Å². The van der Waals surface area contributed by atoms with E-state index in [9.17, 15) is 57.1 Å². The lowest BCUT2D eigenvalue weighted by atomic mass is 9.91. The van der Waals surface area contributed by atoms with Crippen LogP contribution in [0.25, 0.3) is 0 Å². The molecule has 0 heterocycles. The topological polar surface area (TPSA) is 0 Å². The molecular formula is C18H24ClF13. The van der Waals surface area contributed by atoms with Crippen molar-refractivity contribution in [1.82, 2.24) is 0 Å². The van der Waals surface area contributed by atoms with Crippen molar-refractivity contribution < 1.29 is 57.1 Å².